The summed E-state index contributed by atoms with van der Waals surface area (Å²) in [7, 11) is 1.87. The van der Waals surface area contributed by atoms with Crippen molar-refractivity contribution in [2.45, 2.75) is 32.9 Å². The van der Waals surface area contributed by atoms with Gasteiger partial charge in [0.2, 0.25) is 0 Å². The van der Waals surface area contributed by atoms with Gasteiger partial charge in [-0.3, -0.25) is 5.43 Å². The van der Waals surface area contributed by atoms with E-state index in [1.807, 2.05) is 7.05 Å². The van der Waals surface area contributed by atoms with Crippen molar-refractivity contribution in [3.8, 4) is 0 Å². The Kier molecular flexibility index (Phi) is 4.89. The maximum atomic E-state index is 11.9. The van der Waals surface area contributed by atoms with Crippen molar-refractivity contribution in [3.63, 3.8) is 0 Å². The number of rotatable bonds is 5. The summed E-state index contributed by atoms with van der Waals surface area (Å²) in [6.45, 7) is 2.58. The lowest BCUT2D eigenvalue weighted by Crippen LogP contribution is -2.41. The highest BCUT2D eigenvalue weighted by molar-refractivity contribution is 4.84. The third-order valence-corrected chi connectivity index (χ3v) is 2.94. The van der Waals surface area contributed by atoms with Crippen LogP contribution in [0.1, 0.15) is 20.3 Å². The van der Waals surface area contributed by atoms with Crippen molar-refractivity contribution in [1.82, 2.24) is 10.4 Å². The number of hydrogen-bond donors (Lipinski definition) is 1. The van der Waals surface area contributed by atoms with E-state index in [2.05, 4.69) is 29.0 Å². The number of nitrogens with zero attached hydrogens (tertiary/aromatic N) is 1. The predicted molar refractivity (Wildman–Crippen MR) is 54.5 cm³/mol. The van der Waals surface area contributed by atoms with Crippen LogP contribution in [0.2, 0.25) is 0 Å². The molecule has 1 fully saturated rings. The number of alkyl halides is 2. The van der Waals surface area contributed by atoms with Gasteiger partial charge in [0.05, 0.1) is 6.61 Å². The maximum Gasteiger partial charge on any atom is 0.345 e. The van der Waals surface area contributed by atoms with E-state index in [4.69, 9.17) is 0 Å². The van der Waals surface area contributed by atoms with E-state index in [1.165, 1.54) is 0 Å². The molecule has 0 radical (unpaired) electrons. The zero-order valence-electron chi connectivity index (χ0n) is 9.54. The molecule has 1 saturated heterocycles. The summed E-state index contributed by atoms with van der Waals surface area (Å²) in [4.78, 5) is 0. The van der Waals surface area contributed by atoms with Crippen molar-refractivity contribution in [3.05, 3.63) is 0 Å². The highest BCUT2D eigenvalue weighted by Crippen LogP contribution is 2.27. The Morgan fingerprint density at radius 1 is 1.47 bits per heavy atom. The minimum atomic E-state index is -2.65. The summed E-state index contributed by atoms with van der Waals surface area (Å²) in [5.41, 5.74) is 3.10. The quantitative estimate of drug-likeness (QED) is 0.766. The van der Waals surface area contributed by atoms with Crippen LogP contribution < -0.4 is 5.43 Å². The van der Waals surface area contributed by atoms with Gasteiger partial charge >= 0.3 is 6.61 Å². The Labute approximate surface area is 89.7 Å². The maximum absolute atomic E-state index is 11.9. The van der Waals surface area contributed by atoms with Gasteiger partial charge < -0.3 is 4.74 Å². The third kappa shape index (κ3) is 3.66. The normalized spacial score (nSPS) is 28.2. The van der Waals surface area contributed by atoms with Gasteiger partial charge in [-0.15, -0.1) is 0 Å². The summed E-state index contributed by atoms with van der Waals surface area (Å²) in [6, 6.07) is 0.418. The fourth-order valence-electron chi connectivity index (χ4n) is 2.18. The van der Waals surface area contributed by atoms with E-state index >= 15 is 0 Å². The van der Waals surface area contributed by atoms with Gasteiger partial charge in [0.25, 0.3) is 0 Å². The van der Waals surface area contributed by atoms with Crippen molar-refractivity contribution in [2.75, 3.05) is 20.2 Å². The average Bonchev–Trinajstić information content (AvgIpc) is 2.57. The molecule has 0 saturated carbocycles. The Hall–Kier alpha value is -0.260. The number of ether oxygens (including phenoxy) is 1. The van der Waals surface area contributed by atoms with Crippen LogP contribution >= 0.6 is 0 Å². The molecular formula is C10H20F2N2O. The molecule has 1 rings (SSSR count). The minimum absolute atomic E-state index is 0.152. The van der Waals surface area contributed by atoms with Crippen LogP contribution in [0, 0.1) is 11.8 Å². The zero-order chi connectivity index (χ0) is 11.4. The second-order valence-electron chi connectivity index (χ2n) is 4.38. The van der Waals surface area contributed by atoms with E-state index in [0.717, 1.165) is 13.0 Å². The first-order chi connectivity index (χ1) is 7.04. The highest BCUT2D eigenvalue weighted by Gasteiger charge is 2.33. The van der Waals surface area contributed by atoms with Crippen LogP contribution in [-0.4, -0.2) is 37.9 Å². The van der Waals surface area contributed by atoms with Crippen LogP contribution in [0.5, 0.6) is 0 Å². The summed E-state index contributed by atoms with van der Waals surface area (Å²) in [5, 5.41) is 2.12. The molecule has 0 spiro atoms. The van der Waals surface area contributed by atoms with Crippen LogP contribution in [-0.2, 0) is 4.74 Å². The Morgan fingerprint density at radius 2 is 2.13 bits per heavy atom. The summed E-state index contributed by atoms with van der Waals surface area (Å²) in [5.74, 6) is 0.729. The van der Waals surface area contributed by atoms with Crippen LogP contribution in [0.15, 0.2) is 0 Å². The molecule has 0 aliphatic carbocycles. The van der Waals surface area contributed by atoms with Gasteiger partial charge in [0, 0.05) is 12.6 Å². The first-order valence-electron chi connectivity index (χ1n) is 5.38. The molecule has 1 N–H and O–H groups in total. The first kappa shape index (κ1) is 12.8. The van der Waals surface area contributed by atoms with Crippen molar-refractivity contribution >= 4 is 0 Å². The molecule has 0 bridgehead atoms. The largest absolute Gasteiger partial charge is 0.345 e. The lowest BCUT2D eigenvalue weighted by atomic mass is 9.98. The number of hydrazine groups is 1. The molecular weight excluding hydrogens is 202 g/mol. The van der Waals surface area contributed by atoms with Gasteiger partial charge in [-0.1, -0.05) is 13.8 Å². The average molecular weight is 222 g/mol. The molecule has 0 aromatic carbocycles. The molecule has 90 valence electrons. The topological polar surface area (TPSA) is 24.5 Å². The molecule has 3 nitrogen and oxygen atoms in total. The van der Waals surface area contributed by atoms with Crippen molar-refractivity contribution < 1.29 is 13.5 Å². The Morgan fingerprint density at radius 3 is 2.53 bits per heavy atom. The van der Waals surface area contributed by atoms with Crippen molar-refractivity contribution in [2.24, 2.45) is 11.8 Å². The van der Waals surface area contributed by atoms with E-state index in [9.17, 15) is 8.78 Å². The third-order valence-electron chi connectivity index (χ3n) is 2.94. The minimum Gasteiger partial charge on any atom is -0.323 e. The van der Waals surface area contributed by atoms with E-state index in [1.54, 1.807) is 0 Å². The second-order valence-corrected chi connectivity index (χ2v) is 4.38. The van der Waals surface area contributed by atoms with Crippen LogP contribution in [0.4, 0.5) is 8.78 Å². The summed E-state index contributed by atoms with van der Waals surface area (Å²) >= 11 is 0. The van der Waals surface area contributed by atoms with Gasteiger partial charge in [0.1, 0.15) is 0 Å². The molecule has 0 aromatic rings. The number of hydrogen-bond acceptors (Lipinski definition) is 3. The number of nitrogens with one attached hydrogen (secondary N) is 1. The van der Waals surface area contributed by atoms with E-state index in [0.29, 0.717) is 12.0 Å². The Bertz CT molecular complexity index is 190. The molecule has 5 heteroatoms. The molecule has 0 amide bonds. The lowest BCUT2D eigenvalue weighted by Gasteiger charge is -2.25. The van der Waals surface area contributed by atoms with Crippen molar-refractivity contribution in [1.29, 1.82) is 0 Å². The van der Waals surface area contributed by atoms with Gasteiger partial charge in [0.15, 0.2) is 0 Å². The highest BCUT2D eigenvalue weighted by atomic mass is 19.3. The smallest absolute Gasteiger partial charge is 0.323 e. The van der Waals surface area contributed by atoms with Crippen LogP contribution in [0.3, 0.4) is 0 Å². The van der Waals surface area contributed by atoms with E-state index in [-0.39, 0.29) is 12.5 Å². The number of halogens is 2. The predicted octanol–water partition coefficient (Wildman–Crippen LogP) is 1.71. The van der Waals surface area contributed by atoms with E-state index < -0.39 is 6.61 Å². The molecule has 2 atom stereocenters. The summed E-state index contributed by atoms with van der Waals surface area (Å²) in [6.07, 6.45) is 0.922. The van der Waals surface area contributed by atoms with Crippen LogP contribution in [0.25, 0.3) is 0 Å². The fourth-order valence-corrected chi connectivity index (χ4v) is 2.18. The lowest BCUT2D eigenvalue weighted by molar-refractivity contribution is -0.137. The van der Waals surface area contributed by atoms with Gasteiger partial charge in [-0.05, 0) is 25.3 Å². The van der Waals surface area contributed by atoms with Gasteiger partial charge in [-0.25, -0.2) is 5.01 Å². The monoisotopic (exact) mass is 222 g/mol. The zero-order valence-corrected chi connectivity index (χ0v) is 9.54. The standard InChI is InChI=1S/C10H20F2N2O/c1-7(2)9-4-8(5-14(9)13-3)6-15-10(11)12/h7-10,13H,4-6H2,1-3H3/t8?,9-/m0/s1. The first-order valence-corrected chi connectivity index (χ1v) is 5.38. The molecule has 1 unspecified atom stereocenters. The molecule has 1 aliphatic heterocycles. The molecule has 0 aromatic heterocycles. The molecule has 1 aliphatic rings. The molecule has 1 heterocycles. The second kappa shape index (κ2) is 5.72. The summed E-state index contributed by atoms with van der Waals surface area (Å²) < 4.78 is 28.1. The van der Waals surface area contributed by atoms with Gasteiger partial charge in [-0.2, -0.15) is 8.78 Å². The molecule has 15 heavy (non-hydrogen) atoms. The Balaban J connectivity index is 2.39. The fraction of sp³-hybridized carbons (Fsp3) is 1.00. The SMILES string of the molecule is CNN1CC(COC(F)F)C[C@H]1C(C)C.